The molecule has 0 spiro atoms. The van der Waals surface area contributed by atoms with Gasteiger partial charge in [-0.15, -0.1) is 23.1 Å². The SMILES string of the molecule is O=C(Cc1cccs1)N[C@@H]1C(=O)N2C(C(=O)[O-])=C(C[n+]3ccccc3)CS[C@H]12.O=C(O)[C@H]1/C(=C/CO)O[C@@H]2CC(=O)N21. The molecule has 3 fully saturated rings. The Morgan fingerprint density at radius 2 is 1.95 bits per heavy atom. The van der Waals surface area contributed by atoms with E-state index in [1.54, 1.807) is 0 Å². The first kappa shape index (κ1) is 29.3. The molecule has 3 N–H and O–H groups in total. The molecule has 15 heteroatoms. The molecule has 2 aromatic heterocycles. The lowest BCUT2D eigenvalue weighted by molar-refractivity contribution is -0.689. The van der Waals surface area contributed by atoms with Crippen LogP contribution in [0.4, 0.5) is 0 Å². The molecule has 4 atom stereocenters. The number of β-lactam (4-membered cyclic amide) rings is 2. The summed E-state index contributed by atoms with van der Waals surface area (Å²) in [6, 6.07) is 7.53. The number of nitrogens with zero attached hydrogens (tertiary/aromatic N) is 3. The van der Waals surface area contributed by atoms with Gasteiger partial charge in [0.25, 0.3) is 5.91 Å². The van der Waals surface area contributed by atoms with E-state index in [-0.39, 0.29) is 42.7 Å². The maximum absolute atomic E-state index is 12.6. The fourth-order valence-corrected chi connectivity index (χ4v) is 7.05. The Hall–Kier alpha value is -4.21. The van der Waals surface area contributed by atoms with Gasteiger partial charge in [0, 0.05) is 28.3 Å². The quantitative estimate of drug-likeness (QED) is 0.236. The van der Waals surface area contributed by atoms with Crippen LogP contribution in [0, 0.1) is 0 Å². The Morgan fingerprint density at radius 1 is 1.19 bits per heavy atom. The van der Waals surface area contributed by atoms with E-state index in [0.717, 1.165) is 4.88 Å². The first-order valence-electron chi connectivity index (χ1n) is 12.8. The van der Waals surface area contributed by atoms with Crippen LogP contribution in [0.3, 0.4) is 0 Å². The lowest BCUT2D eigenvalue weighted by Gasteiger charge is -2.50. The van der Waals surface area contributed by atoms with E-state index in [1.807, 2.05) is 52.7 Å². The highest BCUT2D eigenvalue weighted by Gasteiger charge is 2.54. The number of amides is 3. The number of thiophene rings is 1. The summed E-state index contributed by atoms with van der Waals surface area (Å²) in [4.78, 5) is 61.8. The first-order valence-corrected chi connectivity index (χ1v) is 14.8. The van der Waals surface area contributed by atoms with E-state index in [9.17, 15) is 29.1 Å². The number of hydrogen-bond donors (Lipinski definition) is 3. The van der Waals surface area contributed by atoms with Crippen molar-refractivity contribution in [3.05, 3.63) is 76.1 Å². The van der Waals surface area contributed by atoms with Gasteiger partial charge in [-0.3, -0.25) is 24.2 Å². The minimum Gasteiger partial charge on any atom is -0.543 e. The van der Waals surface area contributed by atoms with Gasteiger partial charge in [0.05, 0.1) is 31.1 Å². The number of rotatable bonds is 8. The van der Waals surface area contributed by atoms with Gasteiger partial charge in [0.1, 0.15) is 17.2 Å². The number of thioether (sulfide) groups is 1. The van der Waals surface area contributed by atoms with Crippen LogP contribution in [0.15, 0.2) is 71.2 Å². The predicted octanol–water partition coefficient (Wildman–Crippen LogP) is -1.41. The number of carboxylic acid groups (broad SMARTS) is 2. The predicted molar refractivity (Wildman–Crippen MR) is 145 cm³/mol. The Kier molecular flexibility index (Phi) is 8.61. The van der Waals surface area contributed by atoms with Gasteiger partial charge >= 0.3 is 5.97 Å². The lowest BCUT2D eigenvalue weighted by Crippen LogP contribution is -2.71. The fraction of sp³-hybridized carbons (Fsp3) is 0.333. The molecule has 6 heterocycles. The number of ether oxygens (including phenoxy) is 1. The van der Waals surface area contributed by atoms with Crippen molar-refractivity contribution in [3.8, 4) is 0 Å². The zero-order valence-electron chi connectivity index (χ0n) is 22.0. The number of carbonyl (C=O) groups is 5. The van der Waals surface area contributed by atoms with Crippen LogP contribution in [0.5, 0.6) is 0 Å². The molecule has 0 bridgehead atoms. The van der Waals surface area contributed by atoms with Crippen molar-refractivity contribution < 1.29 is 48.6 Å². The second-order valence-electron chi connectivity index (χ2n) is 9.61. The molecule has 2 aromatic rings. The third-order valence-corrected chi connectivity index (χ3v) is 9.13. The summed E-state index contributed by atoms with van der Waals surface area (Å²) in [6.07, 6.45) is 4.90. The van der Waals surface area contributed by atoms with Crippen molar-refractivity contribution in [1.29, 1.82) is 0 Å². The molecular weight excluding hydrogens is 588 g/mol. The molecule has 0 aromatic carbocycles. The first-order chi connectivity index (χ1) is 20.2. The van der Waals surface area contributed by atoms with Crippen LogP contribution in [0.25, 0.3) is 0 Å². The van der Waals surface area contributed by atoms with E-state index >= 15 is 0 Å². The summed E-state index contributed by atoms with van der Waals surface area (Å²) in [7, 11) is 0. The molecule has 4 aliphatic rings. The van der Waals surface area contributed by atoms with Gasteiger partial charge in [-0.05, 0) is 17.5 Å². The highest BCUT2D eigenvalue weighted by molar-refractivity contribution is 8.00. The van der Waals surface area contributed by atoms with Crippen LogP contribution >= 0.6 is 23.1 Å². The molecular formula is C27H26N4O9S2. The van der Waals surface area contributed by atoms with Crippen molar-refractivity contribution in [1.82, 2.24) is 15.1 Å². The van der Waals surface area contributed by atoms with Crippen LogP contribution in [0.1, 0.15) is 11.3 Å². The highest BCUT2D eigenvalue weighted by atomic mass is 32.2. The topological polar surface area (TPSA) is 180 Å². The minimum atomic E-state index is -1.37. The number of hydrogen-bond acceptors (Lipinski definition) is 10. The van der Waals surface area contributed by atoms with Gasteiger partial charge in [-0.1, -0.05) is 12.1 Å². The van der Waals surface area contributed by atoms with E-state index in [1.165, 1.54) is 39.0 Å². The number of aromatic nitrogens is 1. The van der Waals surface area contributed by atoms with Crippen molar-refractivity contribution in [2.75, 3.05) is 12.4 Å². The summed E-state index contributed by atoms with van der Waals surface area (Å²) in [5.74, 6) is -2.79. The van der Waals surface area contributed by atoms with E-state index in [4.69, 9.17) is 14.9 Å². The van der Waals surface area contributed by atoms with Gasteiger partial charge < -0.3 is 30.2 Å². The summed E-state index contributed by atoms with van der Waals surface area (Å²) >= 11 is 2.93. The summed E-state index contributed by atoms with van der Waals surface area (Å²) in [5.41, 5.74) is 0.544. The van der Waals surface area contributed by atoms with Crippen LogP contribution < -0.4 is 15.0 Å². The Labute approximate surface area is 247 Å². The Morgan fingerprint density at radius 3 is 2.57 bits per heavy atom. The van der Waals surface area contributed by atoms with Crippen LogP contribution in [0.2, 0.25) is 0 Å². The summed E-state index contributed by atoms with van der Waals surface area (Å²) < 4.78 is 7.02. The zero-order valence-corrected chi connectivity index (χ0v) is 23.6. The van der Waals surface area contributed by atoms with Gasteiger partial charge in [-0.25, -0.2) is 9.36 Å². The van der Waals surface area contributed by atoms with E-state index < -0.39 is 41.5 Å². The average molecular weight is 615 g/mol. The molecule has 220 valence electrons. The molecule has 3 saturated heterocycles. The van der Waals surface area contributed by atoms with Crippen molar-refractivity contribution >= 4 is 52.8 Å². The zero-order chi connectivity index (χ0) is 30.0. The molecule has 13 nitrogen and oxygen atoms in total. The highest BCUT2D eigenvalue weighted by Crippen LogP contribution is 2.40. The maximum Gasteiger partial charge on any atom is 0.334 e. The number of aliphatic hydroxyl groups is 1. The second-order valence-corrected chi connectivity index (χ2v) is 11.7. The summed E-state index contributed by atoms with van der Waals surface area (Å²) in [6.45, 7) is 0.0664. The van der Waals surface area contributed by atoms with Crippen molar-refractivity contribution in [3.63, 3.8) is 0 Å². The number of fused-ring (bicyclic) bond motifs is 2. The molecule has 0 aliphatic carbocycles. The number of pyridine rings is 1. The number of carboxylic acids is 2. The average Bonchev–Trinajstić information content (AvgIpc) is 3.57. The normalized spacial score (nSPS) is 24.9. The van der Waals surface area contributed by atoms with Crippen LogP contribution in [-0.4, -0.2) is 85.7 Å². The maximum atomic E-state index is 12.6. The molecule has 3 amide bonds. The third kappa shape index (κ3) is 5.75. The minimum absolute atomic E-state index is 0.0751. The second kappa shape index (κ2) is 12.3. The number of nitrogens with one attached hydrogen (secondary N) is 1. The van der Waals surface area contributed by atoms with Crippen molar-refractivity contribution in [2.24, 2.45) is 0 Å². The molecule has 0 radical (unpaired) electrons. The molecule has 0 saturated carbocycles. The van der Waals surface area contributed by atoms with Gasteiger partial charge in [0.15, 0.2) is 31.2 Å². The van der Waals surface area contributed by atoms with Crippen molar-refractivity contribution in [2.45, 2.75) is 43.1 Å². The standard InChI is InChI=1S/C19H17N3O4S2.C8H9NO5/c23-14(9-13-5-4-8-27-13)20-15-17(24)22-16(19(25)26)12(11-28-18(15)22)10-21-6-2-1-3-7-21;10-2-1-4-7(8(12)13)9-5(11)3-6(9)14-4/h1-8,15,18H,9-11H2,(H-,20,23,25,26);1,6-7,10H,2-3H2,(H,12,13)/b;4-1-/t15-,18-;6-,7-/m11/s1. The van der Waals surface area contributed by atoms with Crippen LogP contribution in [-0.2, 0) is 41.7 Å². The summed E-state index contributed by atoms with van der Waals surface area (Å²) in [5, 5.41) is 33.5. The monoisotopic (exact) mass is 614 g/mol. The molecule has 0 unspecified atom stereocenters. The van der Waals surface area contributed by atoms with Gasteiger partial charge in [-0.2, -0.15) is 0 Å². The Bertz CT molecular complexity index is 1460. The molecule has 4 aliphatic heterocycles. The Balaban J connectivity index is 0.000000211. The van der Waals surface area contributed by atoms with E-state index in [2.05, 4.69) is 5.32 Å². The number of aliphatic carboxylic acids is 2. The molecule has 6 rings (SSSR count). The largest absolute Gasteiger partial charge is 0.543 e. The third-order valence-electron chi connectivity index (χ3n) is 6.92. The fourth-order valence-electron chi connectivity index (χ4n) is 5.01. The number of carbonyl (C=O) groups excluding carboxylic acids is 4. The smallest absolute Gasteiger partial charge is 0.334 e. The van der Waals surface area contributed by atoms with Gasteiger partial charge in [0.2, 0.25) is 11.8 Å². The number of aliphatic hydroxyl groups excluding tert-OH is 1. The lowest BCUT2D eigenvalue weighted by atomic mass is 10.0. The molecule has 42 heavy (non-hydrogen) atoms. The van der Waals surface area contributed by atoms with E-state index in [0.29, 0.717) is 17.9 Å².